The summed E-state index contributed by atoms with van der Waals surface area (Å²) in [5.41, 5.74) is 6.33. The van der Waals surface area contributed by atoms with Crippen LogP contribution in [-0.4, -0.2) is 17.9 Å². The molecular weight excluding hydrogens is 326 g/mol. The zero-order chi connectivity index (χ0) is 17.5. The molecule has 24 heavy (non-hydrogen) atoms. The number of para-hydroxylation sites is 2. The quantitative estimate of drug-likeness (QED) is 0.805. The van der Waals surface area contributed by atoms with E-state index in [1.165, 1.54) is 18.2 Å². The van der Waals surface area contributed by atoms with Crippen LogP contribution in [0.4, 0.5) is 34.6 Å². The van der Waals surface area contributed by atoms with Crippen molar-refractivity contribution < 1.29 is 22.4 Å². The van der Waals surface area contributed by atoms with Crippen molar-refractivity contribution in [1.82, 2.24) is 0 Å². The third kappa shape index (κ3) is 2.94. The highest BCUT2D eigenvalue weighted by Gasteiger charge is 2.36. The highest BCUT2D eigenvalue weighted by atomic mass is 19.4. The molecule has 0 aliphatic carbocycles. The van der Waals surface area contributed by atoms with Crippen LogP contribution in [0.25, 0.3) is 0 Å². The van der Waals surface area contributed by atoms with Crippen LogP contribution in [0.5, 0.6) is 0 Å². The number of rotatable bonds is 1. The minimum absolute atomic E-state index is 0.0526. The molecule has 1 aliphatic rings. The van der Waals surface area contributed by atoms with Crippen LogP contribution in [0.3, 0.4) is 0 Å². The van der Waals surface area contributed by atoms with Gasteiger partial charge >= 0.3 is 6.18 Å². The van der Waals surface area contributed by atoms with Crippen molar-refractivity contribution in [2.45, 2.75) is 12.6 Å². The van der Waals surface area contributed by atoms with E-state index in [0.29, 0.717) is 0 Å². The fourth-order valence-corrected chi connectivity index (χ4v) is 2.50. The third-order valence-electron chi connectivity index (χ3n) is 3.44. The lowest BCUT2D eigenvalue weighted by molar-refractivity contribution is -0.151. The van der Waals surface area contributed by atoms with Crippen LogP contribution >= 0.6 is 0 Å². The molecule has 2 aromatic carbocycles. The Morgan fingerprint density at radius 1 is 1.12 bits per heavy atom. The fourth-order valence-electron chi connectivity index (χ4n) is 2.50. The summed E-state index contributed by atoms with van der Waals surface area (Å²) in [6.45, 7) is 0. The molecule has 0 aromatic heterocycles. The molecule has 1 amide bonds. The zero-order valence-corrected chi connectivity index (χ0v) is 12.1. The molecule has 3 rings (SSSR count). The lowest BCUT2D eigenvalue weighted by Crippen LogP contribution is -2.31. The lowest BCUT2D eigenvalue weighted by Gasteiger charge is -2.25. The van der Waals surface area contributed by atoms with Crippen LogP contribution in [0.1, 0.15) is 12.0 Å². The molecule has 8 heteroatoms. The molecule has 124 valence electrons. The Hall–Kier alpha value is -2.90. The number of amides is 1. The second-order valence-electron chi connectivity index (χ2n) is 5.17. The first-order valence-electron chi connectivity index (χ1n) is 6.89. The van der Waals surface area contributed by atoms with Crippen molar-refractivity contribution in [2.24, 2.45) is 10.7 Å². The smallest absolute Gasteiger partial charge is 0.383 e. The van der Waals surface area contributed by atoms with E-state index in [9.17, 15) is 22.4 Å². The summed E-state index contributed by atoms with van der Waals surface area (Å²) < 4.78 is 51.6. The van der Waals surface area contributed by atoms with Crippen LogP contribution in [0, 0.1) is 5.82 Å². The van der Waals surface area contributed by atoms with Crippen LogP contribution in [0.15, 0.2) is 47.5 Å². The summed E-state index contributed by atoms with van der Waals surface area (Å²) in [4.78, 5) is 17.3. The number of carbonyl (C=O) groups excluding carboxylic acids is 1. The Labute approximate surface area is 134 Å². The van der Waals surface area contributed by atoms with E-state index < -0.39 is 24.3 Å². The van der Waals surface area contributed by atoms with Gasteiger partial charge in [-0.25, -0.2) is 9.38 Å². The van der Waals surface area contributed by atoms with E-state index in [4.69, 9.17) is 5.73 Å². The highest BCUT2D eigenvalue weighted by molar-refractivity contribution is 6.13. The van der Waals surface area contributed by atoms with E-state index in [1.807, 2.05) is 0 Å². The van der Waals surface area contributed by atoms with Crippen molar-refractivity contribution in [3.63, 3.8) is 0 Å². The van der Waals surface area contributed by atoms with Crippen molar-refractivity contribution in [3.05, 3.63) is 53.8 Å². The first-order valence-corrected chi connectivity index (χ1v) is 6.89. The highest BCUT2D eigenvalue weighted by Crippen LogP contribution is 2.40. The molecule has 0 saturated carbocycles. The molecule has 0 radical (unpaired) electrons. The normalized spacial score (nSPS) is 13.7. The maximum atomic E-state index is 13.5. The maximum absolute atomic E-state index is 13.5. The van der Waals surface area contributed by atoms with Gasteiger partial charge in [0.1, 0.15) is 18.1 Å². The second kappa shape index (κ2) is 5.63. The zero-order valence-electron chi connectivity index (χ0n) is 12.1. The molecule has 2 N–H and O–H groups in total. The number of alkyl halides is 3. The van der Waals surface area contributed by atoms with Crippen LogP contribution in [-0.2, 0) is 4.79 Å². The molecule has 0 spiro atoms. The molecule has 0 saturated heterocycles. The van der Waals surface area contributed by atoms with E-state index >= 15 is 0 Å². The van der Waals surface area contributed by atoms with Gasteiger partial charge in [0.25, 0.3) is 0 Å². The molecule has 2 aromatic rings. The standard InChI is InChI=1S/C16H11F4N3O/c17-9-5-6-12-10(7-9)15(21)22-11-3-1-2-4-13(11)23(12)14(24)8-16(18,19)20/h1-7H,8H2,(H2,21,22). The minimum atomic E-state index is -4.68. The van der Waals surface area contributed by atoms with E-state index in [2.05, 4.69) is 4.99 Å². The first-order chi connectivity index (χ1) is 11.3. The van der Waals surface area contributed by atoms with E-state index in [1.54, 1.807) is 12.1 Å². The molecule has 1 aliphatic heterocycles. The summed E-state index contributed by atoms with van der Waals surface area (Å²) in [5, 5.41) is 0. The van der Waals surface area contributed by atoms with Gasteiger partial charge in [-0.05, 0) is 30.3 Å². The number of fused-ring (bicyclic) bond motifs is 2. The molecule has 0 atom stereocenters. The molecule has 0 unspecified atom stereocenters. The van der Waals surface area contributed by atoms with Gasteiger partial charge in [0.15, 0.2) is 0 Å². The summed E-state index contributed by atoms with van der Waals surface area (Å²) in [6, 6.07) is 9.44. The number of carbonyl (C=O) groups is 1. The van der Waals surface area contributed by atoms with Gasteiger partial charge in [0.2, 0.25) is 5.91 Å². The predicted octanol–water partition coefficient (Wildman–Crippen LogP) is 3.79. The second-order valence-corrected chi connectivity index (χ2v) is 5.17. The van der Waals surface area contributed by atoms with Crippen LogP contribution in [0.2, 0.25) is 0 Å². The molecule has 0 bridgehead atoms. The number of amidine groups is 1. The lowest BCUT2D eigenvalue weighted by atomic mass is 10.1. The molecule has 0 fully saturated rings. The summed E-state index contributed by atoms with van der Waals surface area (Å²) >= 11 is 0. The number of halogens is 4. The van der Waals surface area contributed by atoms with Gasteiger partial charge < -0.3 is 5.73 Å². The number of benzene rings is 2. The van der Waals surface area contributed by atoms with Gasteiger partial charge in [-0.3, -0.25) is 9.69 Å². The summed E-state index contributed by atoms with van der Waals surface area (Å²) in [6.07, 6.45) is -6.33. The largest absolute Gasteiger partial charge is 0.397 e. The van der Waals surface area contributed by atoms with Gasteiger partial charge in [0, 0.05) is 5.56 Å². The van der Waals surface area contributed by atoms with Gasteiger partial charge in [-0.2, -0.15) is 13.2 Å². The Bertz CT molecular complexity index is 845. The predicted molar refractivity (Wildman–Crippen MR) is 81.0 cm³/mol. The summed E-state index contributed by atoms with van der Waals surface area (Å²) in [7, 11) is 0. The van der Waals surface area contributed by atoms with Gasteiger partial charge in [-0.15, -0.1) is 0 Å². The fraction of sp³-hybridized carbons (Fsp3) is 0.125. The monoisotopic (exact) mass is 337 g/mol. The average Bonchev–Trinajstić information content (AvgIpc) is 2.60. The summed E-state index contributed by atoms with van der Waals surface area (Å²) in [5.74, 6) is -1.92. The number of hydrogen-bond donors (Lipinski definition) is 1. The Balaban J connectivity index is 2.23. The molecule has 1 heterocycles. The van der Waals surface area contributed by atoms with Crippen molar-refractivity contribution in [1.29, 1.82) is 0 Å². The number of hydrogen-bond acceptors (Lipinski definition) is 3. The Morgan fingerprint density at radius 2 is 1.83 bits per heavy atom. The van der Waals surface area contributed by atoms with Crippen molar-refractivity contribution >= 4 is 28.8 Å². The third-order valence-corrected chi connectivity index (χ3v) is 3.44. The van der Waals surface area contributed by atoms with E-state index in [0.717, 1.165) is 17.0 Å². The average molecular weight is 337 g/mol. The Morgan fingerprint density at radius 3 is 2.54 bits per heavy atom. The van der Waals surface area contributed by atoms with Crippen molar-refractivity contribution in [2.75, 3.05) is 4.90 Å². The minimum Gasteiger partial charge on any atom is -0.383 e. The Kier molecular flexibility index (Phi) is 3.75. The SMILES string of the molecule is NC1=Nc2ccccc2N(C(=O)CC(F)(F)F)c2ccc(F)cc21. The topological polar surface area (TPSA) is 58.7 Å². The first kappa shape index (κ1) is 16.0. The van der Waals surface area contributed by atoms with Crippen molar-refractivity contribution in [3.8, 4) is 0 Å². The van der Waals surface area contributed by atoms with E-state index in [-0.39, 0.29) is 28.5 Å². The molecule has 4 nitrogen and oxygen atoms in total. The number of aliphatic imine (C=N–C) groups is 1. The number of nitrogens with two attached hydrogens (primary N) is 1. The number of nitrogens with zero attached hydrogens (tertiary/aromatic N) is 2. The van der Waals surface area contributed by atoms with Gasteiger partial charge in [0.05, 0.1) is 17.1 Å². The number of anilines is 2. The molecular formula is C16H11F4N3O. The maximum Gasteiger partial charge on any atom is 0.397 e. The van der Waals surface area contributed by atoms with Crippen LogP contribution < -0.4 is 10.6 Å². The van der Waals surface area contributed by atoms with Gasteiger partial charge in [-0.1, -0.05) is 12.1 Å².